The number of phosphoric ester groups is 1. The molecule has 10 N–H and O–H groups in total. The summed E-state index contributed by atoms with van der Waals surface area (Å²) in [6, 6.07) is 0. The van der Waals surface area contributed by atoms with Gasteiger partial charge in [-0.05, 0) is 103 Å². The molecule has 3 rings (SSSR count). The van der Waals surface area contributed by atoms with E-state index in [0.29, 0.717) is 38.5 Å². The minimum Gasteiger partial charge on any atom is -0.463 e. The van der Waals surface area contributed by atoms with Crippen LogP contribution in [-0.2, 0) is 70.7 Å². The fourth-order valence-corrected chi connectivity index (χ4v) is 15.7. The Balaban J connectivity index is 1.94. The van der Waals surface area contributed by atoms with E-state index in [0.717, 1.165) is 154 Å². The molecule has 0 bridgehead atoms. The standard InChI is InChI=1S/C89H161O25P/c1-5-9-13-17-21-25-29-33-35-39-43-47-51-55-59-63-74(93)108-69(66-105-72(91)61-57-53-49-45-41-37-31-27-23-19-15-11-7-3)67-107-115(103,104)114-87-85(112-88-82(101)78(97)76(95)70(65-90)109-88)81(100)80(99)84(111-75(94)64-60-56-52-48-44-40-36-34-30-26-22-18-14-10-6-2)86(87)113-89-83(102)79(98)77(96)71(110-89)68-106-73(92)62-58-54-50-46-42-38-32-28-24-20-16-12-8-4/h25-26,29-30,37,41,69-71,76-90,95-102H,5-24,27-28,31-36,38-40,42-68H2,1-4H3,(H,103,104)/b29-25-,30-26-,41-37-. The topological polar surface area (TPSA) is 380 Å². The van der Waals surface area contributed by atoms with Gasteiger partial charge in [-0.15, -0.1) is 0 Å². The number of aliphatic hydroxyl groups excluding tert-OH is 9. The molecule has 0 aromatic carbocycles. The van der Waals surface area contributed by atoms with E-state index in [9.17, 15) is 74.6 Å². The zero-order valence-corrected chi connectivity index (χ0v) is 72.2. The maximum absolute atomic E-state index is 14.9. The number of carbonyl (C=O) groups is 4. The Morgan fingerprint density at radius 3 is 1.05 bits per heavy atom. The molecule has 3 aliphatic rings. The first-order valence-electron chi connectivity index (χ1n) is 45.7. The molecule has 18 atom stereocenters. The highest BCUT2D eigenvalue weighted by atomic mass is 31.2. The summed E-state index contributed by atoms with van der Waals surface area (Å²) in [6.07, 6.45) is 28.6. The Kier molecular flexibility index (Phi) is 62.8. The van der Waals surface area contributed by atoms with Crippen molar-refractivity contribution in [2.75, 3.05) is 26.4 Å². The van der Waals surface area contributed by atoms with Gasteiger partial charge in [0.1, 0.15) is 92.6 Å². The van der Waals surface area contributed by atoms with Crippen LogP contribution < -0.4 is 0 Å². The van der Waals surface area contributed by atoms with Crippen molar-refractivity contribution in [3.63, 3.8) is 0 Å². The smallest absolute Gasteiger partial charge is 0.463 e. The average Bonchev–Trinajstić information content (AvgIpc) is 0.750. The van der Waals surface area contributed by atoms with Crippen LogP contribution in [0, 0.1) is 0 Å². The van der Waals surface area contributed by atoms with Gasteiger partial charge in [0.05, 0.1) is 13.2 Å². The maximum Gasteiger partial charge on any atom is 0.472 e. The predicted molar refractivity (Wildman–Crippen MR) is 444 cm³/mol. The monoisotopic (exact) mass is 1660 g/mol. The van der Waals surface area contributed by atoms with Crippen molar-refractivity contribution in [1.29, 1.82) is 0 Å². The number of allylic oxidation sites excluding steroid dienone is 6. The molecule has 2 saturated heterocycles. The molecule has 672 valence electrons. The summed E-state index contributed by atoms with van der Waals surface area (Å²) >= 11 is 0. The van der Waals surface area contributed by atoms with Crippen molar-refractivity contribution >= 4 is 31.7 Å². The number of aliphatic hydroxyl groups is 9. The van der Waals surface area contributed by atoms with Gasteiger partial charge >= 0.3 is 31.7 Å². The molecule has 0 amide bonds. The minimum atomic E-state index is -5.81. The van der Waals surface area contributed by atoms with Crippen molar-refractivity contribution in [2.45, 2.75) is 479 Å². The van der Waals surface area contributed by atoms with Crippen molar-refractivity contribution in [3.05, 3.63) is 36.5 Å². The normalized spacial score (nSPS) is 25.4. The molecular weight excluding hydrogens is 1500 g/mol. The van der Waals surface area contributed by atoms with Crippen LogP contribution in [-0.4, -0.2) is 205 Å². The summed E-state index contributed by atoms with van der Waals surface area (Å²) < 4.78 is 73.3. The Labute approximate surface area is 691 Å². The second kappa shape index (κ2) is 68.3. The van der Waals surface area contributed by atoms with Gasteiger partial charge in [0, 0.05) is 25.7 Å². The van der Waals surface area contributed by atoms with E-state index < -0.39 is 162 Å². The average molecular weight is 1660 g/mol. The number of carbonyl (C=O) groups excluding carboxylic acids is 4. The summed E-state index contributed by atoms with van der Waals surface area (Å²) in [5.74, 6) is -3.00. The largest absolute Gasteiger partial charge is 0.472 e. The third kappa shape index (κ3) is 48.8. The van der Waals surface area contributed by atoms with Crippen molar-refractivity contribution in [1.82, 2.24) is 0 Å². The second-order valence-corrected chi connectivity index (χ2v) is 33.9. The molecule has 0 aromatic rings. The fraction of sp³-hybridized carbons (Fsp3) is 0.888. The van der Waals surface area contributed by atoms with E-state index in [-0.39, 0.29) is 25.7 Å². The molecule has 0 spiro atoms. The SMILES string of the molecule is CCCCCC/C=C\CCCCCCCCCC(=O)OC(COC(=O)CCCCC/C=C\CCCCCCCC)COP(=O)(O)OC1C(OC2OC(CO)C(O)C(O)C2O)C(O)C(O)C(OC(=O)CCCCCCCCC/C=C\CCCCCC)C1OC1OC(COC(=O)CCCCCCCCCCCCCCC)C(O)C(O)C1O. The third-order valence-corrected chi connectivity index (χ3v) is 23.1. The van der Waals surface area contributed by atoms with Gasteiger partial charge in [-0.1, -0.05) is 282 Å². The summed E-state index contributed by atoms with van der Waals surface area (Å²) in [4.78, 5) is 66.3. The summed E-state index contributed by atoms with van der Waals surface area (Å²) in [7, 11) is -5.81. The van der Waals surface area contributed by atoms with Crippen LogP contribution >= 0.6 is 7.82 Å². The van der Waals surface area contributed by atoms with E-state index >= 15 is 0 Å². The zero-order chi connectivity index (χ0) is 84.0. The van der Waals surface area contributed by atoms with Gasteiger partial charge in [0.15, 0.2) is 24.8 Å². The van der Waals surface area contributed by atoms with Gasteiger partial charge in [-0.3, -0.25) is 28.2 Å². The molecule has 18 unspecified atom stereocenters. The van der Waals surface area contributed by atoms with Crippen molar-refractivity contribution in [2.24, 2.45) is 0 Å². The molecule has 25 nitrogen and oxygen atoms in total. The highest BCUT2D eigenvalue weighted by Gasteiger charge is 2.60. The molecule has 26 heteroatoms. The molecule has 115 heavy (non-hydrogen) atoms. The summed E-state index contributed by atoms with van der Waals surface area (Å²) in [6.45, 7) is 5.52. The van der Waals surface area contributed by atoms with E-state index in [2.05, 4.69) is 64.2 Å². The maximum atomic E-state index is 14.9. The number of hydrogen-bond donors (Lipinski definition) is 10. The Bertz CT molecular complexity index is 2540. The zero-order valence-electron chi connectivity index (χ0n) is 71.3. The lowest BCUT2D eigenvalue weighted by Crippen LogP contribution is -2.70. The number of esters is 4. The van der Waals surface area contributed by atoms with Crippen LogP contribution in [0.25, 0.3) is 0 Å². The third-order valence-electron chi connectivity index (χ3n) is 22.1. The second-order valence-electron chi connectivity index (χ2n) is 32.4. The number of hydrogen-bond acceptors (Lipinski definition) is 24. The van der Waals surface area contributed by atoms with Crippen LogP contribution in [0.3, 0.4) is 0 Å². The first-order chi connectivity index (χ1) is 55.7. The number of rotatable bonds is 73. The highest BCUT2D eigenvalue weighted by Crippen LogP contribution is 2.49. The van der Waals surface area contributed by atoms with Gasteiger partial charge in [0.25, 0.3) is 0 Å². The van der Waals surface area contributed by atoms with Gasteiger partial charge < -0.3 is 88.7 Å². The molecule has 0 radical (unpaired) electrons. The molecule has 2 aliphatic heterocycles. The molecular formula is C89H161O25P. The Morgan fingerprint density at radius 1 is 0.339 bits per heavy atom. The number of unbranched alkanes of at least 4 members (excludes halogenated alkanes) is 43. The van der Waals surface area contributed by atoms with Crippen LogP contribution in [0.5, 0.6) is 0 Å². The van der Waals surface area contributed by atoms with Crippen LogP contribution in [0.4, 0.5) is 0 Å². The quantitative estimate of drug-likeness (QED) is 0.00889. The number of ether oxygens (including phenoxy) is 8. The van der Waals surface area contributed by atoms with Crippen LogP contribution in [0.15, 0.2) is 36.5 Å². The van der Waals surface area contributed by atoms with Gasteiger partial charge in [-0.25, -0.2) is 4.57 Å². The summed E-state index contributed by atoms with van der Waals surface area (Å²) in [5, 5.41) is 102. The Hall–Kier alpha value is -3.31. The fourth-order valence-electron chi connectivity index (χ4n) is 14.8. The minimum absolute atomic E-state index is 0.0118. The van der Waals surface area contributed by atoms with E-state index in [1.807, 2.05) is 0 Å². The van der Waals surface area contributed by atoms with Gasteiger partial charge in [-0.2, -0.15) is 0 Å². The van der Waals surface area contributed by atoms with Crippen molar-refractivity contribution in [3.8, 4) is 0 Å². The molecule has 1 saturated carbocycles. The molecule has 1 aliphatic carbocycles. The van der Waals surface area contributed by atoms with Crippen molar-refractivity contribution < 1.29 is 122 Å². The number of phosphoric acid groups is 1. The van der Waals surface area contributed by atoms with Crippen LogP contribution in [0.1, 0.15) is 374 Å². The van der Waals surface area contributed by atoms with E-state index in [1.165, 1.54) is 128 Å². The molecule has 0 aromatic heterocycles. The summed E-state index contributed by atoms with van der Waals surface area (Å²) in [5.41, 5.74) is 0. The van der Waals surface area contributed by atoms with E-state index in [1.54, 1.807) is 0 Å². The molecule has 3 fully saturated rings. The lowest BCUT2D eigenvalue weighted by molar-refractivity contribution is -0.360. The lowest BCUT2D eigenvalue weighted by Gasteiger charge is -2.50. The molecule has 2 heterocycles. The highest BCUT2D eigenvalue weighted by molar-refractivity contribution is 7.47. The first kappa shape index (κ1) is 106. The predicted octanol–water partition coefficient (Wildman–Crippen LogP) is 16.3. The first-order valence-corrected chi connectivity index (χ1v) is 47.2. The lowest BCUT2D eigenvalue weighted by atomic mass is 9.84. The van der Waals surface area contributed by atoms with Crippen LogP contribution in [0.2, 0.25) is 0 Å². The Morgan fingerprint density at radius 2 is 0.652 bits per heavy atom. The van der Waals surface area contributed by atoms with E-state index in [4.69, 9.17) is 46.9 Å². The van der Waals surface area contributed by atoms with Gasteiger partial charge in [0.2, 0.25) is 0 Å².